The van der Waals surface area contributed by atoms with E-state index in [-0.39, 0.29) is 6.61 Å². The van der Waals surface area contributed by atoms with Crippen LogP contribution in [0.15, 0.2) is 12.7 Å². The van der Waals surface area contributed by atoms with Gasteiger partial charge in [0, 0.05) is 39.3 Å². The molecule has 5 N–H and O–H groups in total. The van der Waals surface area contributed by atoms with Crippen LogP contribution in [0.1, 0.15) is 27.7 Å². The van der Waals surface area contributed by atoms with Crippen molar-refractivity contribution in [1.29, 1.82) is 0 Å². The smallest absolute Gasteiger partial charge is 0.392 e. The van der Waals surface area contributed by atoms with Gasteiger partial charge >= 0.3 is 10.4 Å². The van der Waals surface area contributed by atoms with Crippen molar-refractivity contribution < 1.29 is 37.6 Å². The zero-order chi connectivity index (χ0) is 22.3. The number of aliphatic hydroxyl groups is 4. The topological polar surface area (TPSA) is 151 Å². The van der Waals surface area contributed by atoms with E-state index in [2.05, 4.69) is 10.8 Å². The highest BCUT2D eigenvalue weighted by Crippen LogP contribution is 2.00. The fourth-order valence-corrected chi connectivity index (χ4v) is 2.69. The Labute approximate surface area is 169 Å². The van der Waals surface area contributed by atoms with Gasteiger partial charge in [0.05, 0.1) is 31.0 Å². The molecule has 170 valence electrons. The first-order valence-electron chi connectivity index (χ1n) is 9.16. The highest BCUT2D eigenvalue weighted by atomic mass is 32.3. The summed E-state index contributed by atoms with van der Waals surface area (Å²) in [6.07, 6.45) is -0.578. The van der Waals surface area contributed by atoms with Crippen molar-refractivity contribution in [2.45, 2.75) is 52.1 Å². The Morgan fingerprint density at radius 3 is 1.25 bits per heavy atom. The number of hydrogen-bond acceptors (Lipinski definition) is 9. The molecule has 4 unspecified atom stereocenters. The molecule has 0 bridgehead atoms. The van der Waals surface area contributed by atoms with Crippen LogP contribution in [0, 0.1) is 0 Å². The second-order valence-corrected chi connectivity index (χ2v) is 8.01. The molecule has 0 saturated carbocycles. The average Bonchev–Trinajstić information content (AvgIpc) is 2.48. The van der Waals surface area contributed by atoms with Crippen molar-refractivity contribution in [3.05, 3.63) is 12.7 Å². The van der Waals surface area contributed by atoms with E-state index in [1.807, 2.05) is 9.80 Å². The summed E-state index contributed by atoms with van der Waals surface area (Å²) in [5.41, 5.74) is 0. The van der Waals surface area contributed by atoms with Crippen LogP contribution in [0.5, 0.6) is 0 Å². The van der Waals surface area contributed by atoms with Crippen molar-refractivity contribution in [2.24, 2.45) is 0 Å². The summed E-state index contributed by atoms with van der Waals surface area (Å²) >= 11 is 0. The Kier molecular flexibility index (Phi) is 17.1. The molecule has 0 radical (unpaired) electrons. The molecule has 0 aromatic heterocycles. The molecule has 0 aliphatic carbocycles. The summed E-state index contributed by atoms with van der Waals surface area (Å²) < 4.78 is 31.0. The summed E-state index contributed by atoms with van der Waals surface area (Å²) in [6, 6.07) is 0. The van der Waals surface area contributed by atoms with E-state index < -0.39 is 34.8 Å². The average molecular weight is 431 g/mol. The molecule has 0 heterocycles. The number of aliphatic hydroxyl groups excluding tert-OH is 4. The standard InChI is InChI=1S/C14H32N2O4.C3H6O4S/c1-11(17)7-15(8-12(2)18)5-6-16(9-13(3)19)10-14(4)20;1-2-3-7-8(4,5)6/h11-14,17-20H,5-10H2,1-4H3;2H,1,3H2,(H,4,5,6). The Morgan fingerprint density at radius 2 is 1.11 bits per heavy atom. The zero-order valence-corrected chi connectivity index (χ0v) is 18.1. The third-order valence-electron chi connectivity index (χ3n) is 3.16. The summed E-state index contributed by atoms with van der Waals surface area (Å²) in [6.45, 7) is 13.2. The molecule has 0 aromatic carbocycles. The monoisotopic (exact) mass is 430 g/mol. The molecule has 0 rings (SSSR count). The van der Waals surface area contributed by atoms with E-state index in [0.717, 1.165) is 0 Å². The highest BCUT2D eigenvalue weighted by molar-refractivity contribution is 7.80. The summed E-state index contributed by atoms with van der Waals surface area (Å²) in [5, 5.41) is 37.9. The van der Waals surface area contributed by atoms with Gasteiger partial charge in [0.25, 0.3) is 0 Å². The minimum absolute atomic E-state index is 0.196. The first-order valence-corrected chi connectivity index (χ1v) is 10.5. The van der Waals surface area contributed by atoms with E-state index in [4.69, 9.17) is 4.55 Å². The van der Waals surface area contributed by atoms with Crippen molar-refractivity contribution in [3.8, 4) is 0 Å². The lowest BCUT2D eigenvalue weighted by Gasteiger charge is -2.30. The van der Waals surface area contributed by atoms with Gasteiger partial charge in [-0.3, -0.25) is 14.4 Å². The van der Waals surface area contributed by atoms with Crippen molar-refractivity contribution in [2.75, 3.05) is 45.9 Å². The van der Waals surface area contributed by atoms with Gasteiger partial charge < -0.3 is 20.4 Å². The van der Waals surface area contributed by atoms with Gasteiger partial charge in [0.15, 0.2) is 0 Å². The Hall–Kier alpha value is -0.630. The molecule has 0 aliphatic heterocycles. The number of nitrogens with zero attached hydrogens (tertiary/aromatic N) is 2. The van der Waals surface area contributed by atoms with Gasteiger partial charge in [0.2, 0.25) is 0 Å². The molecule has 0 aromatic rings. The SMILES string of the molecule is C=CCOS(=O)(=O)O.CC(O)CN(CCN(CC(C)O)CC(C)O)CC(C)O. The second kappa shape index (κ2) is 16.2. The van der Waals surface area contributed by atoms with Crippen LogP contribution in [0.2, 0.25) is 0 Å². The van der Waals surface area contributed by atoms with Gasteiger partial charge in [0.1, 0.15) is 0 Å². The zero-order valence-electron chi connectivity index (χ0n) is 17.3. The van der Waals surface area contributed by atoms with Crippen LogP contribution in [-0.2, 0) is 14.6 Å². The van der Waals surface area contributed by atoms with Gasteiger partial charge in [-0.05, 0) is 27.7 Å². The maximum Gasteiger partial charge on any atom is 0.397 e. The Morgan fingerprint density at radius 1 is 0.821 bits per heavy atom. The lowest BCUT2D eigenvalue weighted by Crippen LogP contribution is -2.44. The highest BCUT2D eigenvalue weighted by Gasteiger charge is 2.15. The molecule has 0 spiro atoms. The predicted octanol–water partition coefficient (Wildman–Crippen LogP) is -0.895. The fraction of sp³-hybridized carbons (Fsp3) is 0.882. The lowest BCUT2D eigenvalue weighted by molar-refractivity contribution is 0.0542. The van der Waals surface area contributed by atoms with E-state index in [9.17, 15) is 28.8 Å². The number of rotatable bonds is 14. The van der Waals surface area contributed by atoms with Gasteiger partial charge in [-0.2, -0.15) is 8.42 Å². The third kappa shape index (κ3) is 23.4. The Balaban J connectivity index is 0. The molecule has 0 aliphatic rings. The molecule has 0 fully saturated rings. The van der Waals surface area contributed by atoms with Gasteiger partial charge in [-0.25, -0.2) is 4.18 Å². The Bertz CT molecular complexity index is 440. The molecule has 10 nitrogen and oxygen atoms in total. The first-order chi connectivity index (χ1) is 12.8. The first kappa shape index (κ1) is 29.6. The molecular weight excluding hydrogens is 392 g/mol. The quantitative estimate of drug-likeness (QED) is 0.173. The maximum absolute atomic E-state index is 9.68. The van der Waals surface area contributed by atoms with Crippen LogP contribution in [0.25, 0.3) is 0 Å². The predicted molar refractivity (Wildman–Crippen MR) is 107 cm³/mol. The lowest BCUT2D eigenvalue weighted by atomic mass is 10.2. The molecule has 4 atom stereocenters. The minimum atomic E-state index is -4.26. The maximum atomic E-state index is 9.68. The van der Waals surface area contributed by atoms with E-state index >= 15 is 0 Å². The molecule has 0 saturated heterocycles. The normalized spacial score (nSPS) is 16.2. The largest absolute Gasteiger partial charge is 0.397 e. The van der Waals surface area contributed by atoms with Crippen molar-refractivity contribution in [3.63, 3.8) is 0 Å². The van der Waals surface area contributed by atoms with E-state index in [1.165, 1.54) is 6.08 Å². The van der Waals surface area contributed by atoms with Crippen LogP contribution in [-0.4, -0.2) is 113 Å². The third-order valence-corrected chi connectivity index (χ3v) is 3.59. The minimum Gasteiger partial charge on any atom is -0.392 e. The van der Waals surface area contributed by atoms with Crippen molar-refractivity contribution >= 4 is 10.4 Å². The van der Waals surface area contributed by atoms with E-state index in [0.29, 0.717) is 39.3 Å². The summed E-state index contributed by atoms with van der Waals surface area (Å²) in [5.74, 6) is 0. The van der Waals surface area contributed by atoms with Crippen molar-refractivity contribution in [1.82, 2.24) is 9.80 Å². The van der Waals surface area contributed by atoms with Crippen LogP contribution < -0.4 is 0 Å². The second-order valence-electron chi connectivity index (χ2n) is 6.92. The fourth-order valence-electron chi connectivity index (χ4n) is 2.43. The van der Waals surface area contributed by atoms with Gasteiger partial charge in [-0.15, -0.1) is 6.58 Å². The molecule has 11 heteroatoms. The summed E-state index contributed by atoms with van der Waals surface area (Å²) in [4.78, 5) is 3.98. The van der Waals surface area contributed by atoms with Crippen LogP contribution in [0.3, 0.4) is 0 Å². The summed E-state index contributed by atoms with van der Waals surface area (Å²) in [7, 11) is -4.26. The number of hydrogen-bond donors (Lipinski definition) is 5. The van der Waals surface area contributed by atoms with Crippen LogP contribution in [0.4, 0.5) is 0 Å². The van der Waals surface area contributed by atoms with Crippen LogP contribution >= 0.6 is 0 Å². The molecular formula is C17H38N2O8S. The molecule has 28 heavy (non-hydrogen) atoms. The van der Waals surface area contributed by atoms with E-state index in [1.54, 1.807) is 27.7 Å². The molecule has 0 amide bonds. The van der Waals surface area contributed by atoms with Gasteiger partial charge in [-0.1, -0.05) is 6.08 Å².